The van der Waals surface area contributed by atoms with Crippen LogP contribution in [0.1, 0.15) is 63.4 Å². The molecule has 1 atom stereocenters. The van der Waals surface area contributed by atoms with Crippen LogP contribution in [0.25, 0.3) is 0 Å². The highest BCUT2D eigenvalue weighted by atomic mass is 19.2. The van der Waals surface area contributed by atoms with Crippen molar-refractivity contribution in [3.05, 3.63) is 59.2 Å². The summed E-state index contributed by atoms with van der Waals surface area (Å²) in [7, 11) is 0. The summed E-state index contributed by atoms with van der Waals surface area (Å²) < 4.78 is 26.4. The quantitative estimate of drug-likeness (QED) is 0.591. The van der Waals surface area contributed by atoms with Gasteiger partial charge in [0.25, 0.3) is 0 Å². The van der Waals surface area contributed by atoms with Gasteiger partial charge in [0.15, 0.2) is 11.6 Å². The van der Waals surface area contributed by atoms with Gasteiger partial charge in [-0.25, -0.2) is 8.78 Å². The fraction of sp³-hybridized carbons (Fsp3) is 0.524. The number of rotatable bonds is 4. The Kier molecular flexibility index (Phi) is 5.30. The minimum Gasteiger partial charge on any atom is -0.204 e. The van der Waals surface area contributed by atoms with Crippen molar-refractivity contribution in [2.45, 2.75) is 57.8 Å². The van der Waals surface area contributed by atoms with Crippen LogP contribution in [0.15, 0.2) is 42.0 Å². The highest BCUT2D eigenvalue weighted by Crippen LogP contribution is 2.38. The van der Waals surface area contributed by atoms with Gasteiger partial charge in [0.1, 0.15) is 0 Å². The van der Waals surface area contributed by atoms with E-state index in [2.05, 4.69) is 25.2 Å². The van der Waals surface area contributed by atoms with Crippen LogP contribution in [0.5, 0.6) is 0 Å². The van der Waals surface area contributed by atoms with Gasteiger partial charge in [-0.3, -0.25) is 0 Å². The molecule has 2 heteroatoms. The van der Waals surface area contributed by atoms with Crippen molar-refractivity contribution < 1.29 is 8.78 Å². The largest absolute Gasteiger partial charge is 0.204 e. The molecule has 0 radical (unpaired) electrons. The average molecular weight is 316 g/mol. The van der Waals surface area contributed by atoms with Crippen LogP contribution in [-0.2, 0) is 0 Å². The molecule has 1 aromatic rings. The van der Waals surface area contributed by atoms with Gasteiger partial charge in [-0.1, -0.05) is 44.1 Å². The molecule has 0 heterocycles. The molecule has 2 aliphatic carbocycles. The SMILES string of the molecule is CCCC1CCC(C2=CCC(c3ccc(F)c(F)c3)C=C2)CC1. The minimum absolute atomic E-state index is 0.172. The van der Waals surface area contributed by atoms with Crippen LogP contribution in [0.3, 0.4) is 0 Å². The Morgan fingerprint density at radius 3 is 2.43 bits per heavy atom. The monoisotopic (exact) mass is 316 g/mol. The summed E-state index contributed by atoms with van der Waals surface area (Å²) in [5.41, 5.74) is 2.32. The maximum absolute atomic E-state index is 13.4. The van der Waals surface area contributed by atoms with Crippen molar-refractivity contribution >= 4 is 0 Å². The van der Waals surface area contributed by atoms with Crippen LogP contribution in [0.4, 0.5) is 8.78 Å². The number of hydrogen-bond donors (Lipinski definition) is 0. The highest BCUT2D eigenvalue weighted by Gasteiger charge is 2.24. The predicted molar refractivity (Wildman–Crippen MR) is 91.3 cm³/mol. The van der Waals surface area contributed by atoms with E-state index in [9.17, 15) is 8.78 Å². The van der Waals surface area contributed by atoms with Crippen LogP contribution >= 0.6 is 0 Å². The van der Waals surface area contributed by atoms with Crippen LogP contribution in [0, 0.1) is 23.5 Å². The van der Waals surface area contributed by atoms with Crippen molar-refractivity contribution in [2.24, 2.45) is 11.8 Å². The molecule has 1 unspecified atom stereocenters. The first-order chi connectivity index (χ1) is 11.2. The summed E-state index contributed by atoms with van der Waals surface area (Å²) in [4.78, 5) is 0. The molecular weight excluding hydrogens is 290 g/mol. The Balaban J connectivity index is 1.59. The van der Waals surface area contributed by atoms with E-state index in [-0.39, 0.29) is 5.92 Å². The van der Waals surface area contributed by atoms with Crippen molar-refractivity contribution in [2.75, 3.05) is 0 Å². The Bertz CT molecular complexity index is 592. The molecule has 3 rings (SSSR count). The van der Waals surface area contributed by atoms with Gasteiger partial charge in [0.05, 0.1) is 0 Å². The fourth-order valence-electron chi connectivity index (χ4n) is 4.12. The Morgan fingerprint density at radius 2 is 1.83 bits per heavy atom. The molecule has 0 spiro atoms. The molecule has 1 fully saturated rings. The second-order valence-corrected chi connectivity index (χ2v) is 7.09. The van der Waals surface area contributed by atoms with Crippen LogP contribution in [-0.4, -0.2) is 0 Å². The van der Waals surface area contributed by atoms with E-state index in [0.717, 1.165) is 17.9 Å². The van der Waals surface area contributed by atoms with Gasteiger partial charge >= 0.3 is 0 Å². The molecule has 0 bridgehead atoms. The van der Waals surface area contributed by atoms with Gasteiger partial charge in [-0.05, 0) is 67.2 Å². The lowest BCUT2D eigenvalue weighted by molar-refractivity contribution is 0.288. The number of halogens is 2. The summed E-state index contributed by atoms with van der Waals surface area (Å²) in [6.45, 7) is 2.27. The van der Waals surface area contributed by atoms with Crippen molar-refractivity contribution in [3.63, 3.8) is 0 Å². The molecule has 0 nitrogen and oxygen atoms in total. The summed E-state index contributed by atoms with van der Waals surface area (Å²) in [6.07, 6.45) is 15.6. The lowest BCUT2D eigenvalue weighted by Crippen LogP contribution is -2.16. The van der Waals surface area contributed by atoms with Crippen LogP contribution < -0.4 is 0 Å². The molecule has 1 saturated carbocycles. The predicted octanol–water partition coefficient (Wildman–Crippen LogP) is 6.54. The molecular formula is C21H26F2. The third-order valence-electron chi connectivity index (χ3n) is 5.52. The van der Waals surface area contributed by atoms with E-state index in [4.69, 9.17) is 0 Å². The van der Waals surface area contributed by atoms with Crippen molar-refractivity contribution in [3.8, 4) is 0 Å². The lowest BCUT2D eigenvalue weighted by atomic mass is 9.75. The maximum Gasteiger partial charge on any atom is 0.159 e. The van der Waals surface area contributed by atoms with Gasteiger partial charge in [-0.2, -0.15) is 0 Å². The molecule has 124 valence electrons. The third-order valence-corrected chi connectivity index (χ3v) is 5.52. The Hall–Kier alpha value is -1.44. The normalized spacial score (nSPS) is 27.8. The first kappa shape index (κ1) is 16.4. The summed E-state index contributed by atoms with van der Waals surface area (Å²) in [5.74, 6) is 0.281. The average Bonchev–Trinajstić information content (AvgIpc) is 2.59. The topological polar surface area (TPSA) is 0 Å². The van der Waals surface area contributed by atoms with E-state index in [0.29, 0.717) is 5.92 Å². The summed E-state index contributed by atoms with van der Waals surface area (Å²) in [6, 6.07) is 4.26. The summed E-state index contributed by atoms with van der Waals surface area (Å²) in [5, 5.41) is 0. The maximum atomic E-state index is 13.4. The molecule has 0 aliphatic heterocycles. The smallest absolute Gasteiger partial charge is 0.159 e. The molecule has 0 N–H and O–H groups in total. The second kappa shape index (κ2) is 7.42. The van der Waals surface area contributed by atoms with Crippen LogP contribution in [0.2, 0.25) is 0 Å². The van der Waals surface area contributed by atoms with Gasteiger partial charge in [0.2, 0.25) is 0 Å². The van der Waals surface area contributed by atoms with E-state index in [1.807, 2.05) is 0 Å². The van der Waals surface area contributed by atoms with E-state index in [1.54, 1.807) is 6.07 Å². The van der Waals surface area contributed by atoms with E-state index >= 15 is 0 Å². The molecule has 2 aliphatic rings. The number of benzene rings is 1. The molecule has 0 aromatic heterocycles. The van der Waals surface area contributed by atoms with Gasteiger partial charge in [-0.15, -0.1) is 0 Å². The molecule has 1 aromatic carbocycles. The van der Waals surface area contributed by atoms with Gasteiger partial charge in [0, 0.05) is 5.92 Å². The first-order valence-electron chi connectivity index (χ1n) is 9.00. The fourth-order valence-corrected chi connectivity index (χ4v) is 4.12. The van der Waals surface area contributed by atoms with Crippen molar-refractivity contribution in [1.82, 2.24) is 0 Å². The summed E-state index contributed by atoms with van der Waals surface area (Å²) >= 11 is 0. The molecule has 0 saturated heterocycles. The van der Waals surface area contributed by atoms with E-state index < -0.39 is 11.6 Å². The van der Waals surface area contributed by atoms with Gasteiger partial charge < -0.3 is 0 Å². The standard InChI is InChI=1S/C21H26F2/c1-2-3-15-4-6-16(7-5-15)17-8-10-18(11-9-17)19-12-13-20(22)21(23)14-19/h8-10,12-16,18H,2-7,11H2,1H3. The highest BCUT2D eigenvalue weighted by molar-refractivity contribution is 5.34. The minimum atomic E-state index is -0.770. The Labute approximate surface area is 138 Å². The Morgan fingerprint density at radius 1 is 1.04 bits per heavy atom. The molecule has 23 heavy (non-hydrogen) atoms. The van der Waals surface area contributed by atoms with E-state index in [1.165, 1.54) is 56.2 Å². The number of hydrogen-bond acceptors (Lipinski definition) is 0. The zero-order valence-corrected chi connectivity index (χ0v) is 13.9. The third kappa shape index (κ3) is 3.91. The first-order valence-corrected chi connectivity index (χ1v) is 9.00. The zero-order valence-electron chi connectivity index (χ0n) is 13.9. The molecule has 0 amide bonds. The second-order valence-electron chi connectivity index (χ2n) is 7.09. The number of allylic oxidation sites excluding steroid dienone is 4. The van der Waals surface area contributed by atoms with Crippen molar-refractivity contribution in [1.29, 1.82) is 0 Å². The zero-order chi connectivity index (χ0) is 16.2. The lowest BCUT2D eigenvalue weighted by Gasteiger charge is -2.30.